The van der Waals surface area contributed by atoms with Gasteiger partial charge >= 0.3 is 0 Å². The van der Waals surface area contributed by atoms with Crippen molar-refractivity contribution in [2.24, 2.45) is 11.1 Å². The molecule has 2 rings (SSSR count). The Morgan fingerprint density at radius 2 is 2.04 bits per heavy atom. The lowest BCUT2D eigenvalue weighted by molar-refractivity contribution is 0.327. The summed E-state index contributed by atoms with van der Waals surface area (Å²) in [6, 6.07) is 0. The summed E-state index contributed by atoms with van der Waals surface area (Å²) >= 11 is 0. The molecular formula is C22H33N. The molecule has 0 spiro atoms. The molecule has 2 aliphatic carbocycles. The number of hydrogen-bond acceptors (Lipinski definition) is 1. The van der Waals surface area contributed by atoms with Crippen LogP contribution in [-0.4, -0.2) is 6.54 Å². The largest absolute Gasteiger partial charge is 0.327 e. The average molecular weight is 312 g/mol. The lowest BCUT2D eigenvalue weighted by Crippen LogP contribution is -2.22. The molecule has 0 aromatic rings. The Kier molecular flexibility index (Phi) is 6.24. The highest BCUT2D eigenvalue weighted by Gasteiger charge is 2.29. The minimum atomic E-state index is 0.364. The van der Waals surface area contributed by atoms with Crippen LogP contribution in [0.2, 0.25) is 0 Å². The van der Waals surface area contributed by atoms with E-state index >= 15 is 0 Å². The summed E-state index contributed by atoms with van der Waals surface area (Å²) in [7, 11) is 0. The van der Waals surface area contributed by atoms with E-state index in [1.165, 1.54) is 42.4 Å². The van der Waals surface area contributed by atoms with Crippen LogP contribution in [0.3, 0.4) is 0 Å². The summed E-state index contributed by atoms with van der Waals surface area (Å²) in [6.45, 7) is 9.96. The van der Waals surface area contributed by atoms with Crippen molar-refractivity contribution in [2.45, 2.75) is 66.2 Å². The van der Waals surface area contributed by atoms with Crippen LogP contribution in [0.15, 0.2) is 58.2 Å². The third kappa shape index (κ3) is 4.35. The van der Waals surface area contributed by atoms with Crippen molar-refractivity contribution < 1.29 is 0 Å². The molecular weight excluding hydrogens is 278 g/mol. The van der Waals surface area contributed by atoms with E-state index in [1.54, 1.807) is 11.1 Å². The van der Waals surface area contributed by atoms with Crippen LogP contribution >= 0.6 is 0 Å². The van der Waals surface area contributed by atoms with Gasteiger partial charge in [0.2, 0.25) is 0 Å². The Labute approximate surface area is 142 Å². The van der Waals surface area contributed by atoms with Gasteiger partial charge in [-0.1, -0.05) is 55.4 Å². The first-order valence-electron chi connectivity index (χ1n) is 9.15. The van der Waals surface area contributed by atoms with Crippen molar-refractivity contribution in [2.75, 3.05) is 6.54 Å². The quantitative estimate of drug-likeness (QED) is 0.676. The first-order chi connectivity index (χ1) is 11.0. The SMILES string of the molecule is CCC1(C)CCCC(C)=C1/C=C/C(C)=C1C=C/C(=C/CN)CC/1. The van der Waals surface area contributed by atoms with E-state index in [0.717, 1.165) is 12.8 Å². The maximum Gasteiger partial charge on any atom is 0.0112 e. The molecule has 0 bridgehead atoms. The second-order valence-corrected chi connectivity index (χ2v) is 7.35. The van der Waals surface area contributed by atoms with Gasteiger partial charge in [0.15, 0.2) is 0 Å². The van der Waals surface area contributed by atoms with E-state index in [0.29, 0.717) is 12.0 Å². The summed E-state index contributed by atoms with van der Waals surface area (Å²) in [5, 5.41) is 0. The second-order valence-electron chi connectivity index (χ2n) is 7.35. The lowest BCUT2D eigenvalue weighted by Gasteiger charge is -2.35. The van der Waals surface area contributed by atoms with Crippen molar-refractivity contribution in [1.29, 1.82) is 0 Å². The van der Waals surface area contributed by atoms with E-state index in [4.69, 9.17) is 5.73 Å². The molecule has 2 N–H and O–H groups in total. The van der Waals surface area contributed by atoms with Gasteiger partial charge in [-0.05, 0) is 74.5 Å². The molecule has 0 aromatic carbocycles. The molecule has 126 valence electrons. The summed E-state index contributed by atoms with van der Waals surface area (Å²) in [6.07, 6.45) is 18.8. The number of allylic oxidation sites excluding steroid dienone is 9. The Morgan fingerprint density at radius 1 is 1.26 bits per heavy atom. The van der Waals surface area contributed by atoms with Gasteiger partial charge in [-0.15, -0.1) is 0 Å². The molecule has 1 unspecified atom stereocenters. The molecule has 0 radical (unpaired) electrons. The van der Waals surface area contributed by atoms with Crippen LogP contribution in [-0.2, 0) is 0 Å². The van der Waals surface area contributed by atoms with Crippen LogP contribution in [0.1, 0.15) is 66.2 Å². The third-order valence-corrected chi connectivity index (χ3v) is 5.74. The monoisotopic (exact) mass is 311 g/mol. The molecule has 0 aliphatic heterocycles. The maximum atomic E-state index is 5.60. The minimum absolute atomic E-state index is 0.364. The Hall–Kier alpha value is -1.34. The van der Waals surface area contributed by atoms with Gasteiger partial charge in [-0.2, -0.15) is 0 Å². The van der Waals surface area contributed by atoms with Crippen molar-refractivity contribution >= 4 is 0 Å². The Balaban J connectivity index is 2.21. The van der Waals surface area contributed by atoms with E-state index in [-0.39, 0.29) is 0 Å². The Bertz CT molecular complexity index is 583. The van der Waals surface area contributed by atoms with Crippen molar-refractivity contribution in [1.82, 2.24) is 0 Å². The van der Waals surface area contributed by atoms with E-state index in [2.05, 4.69) is 58.1 Å². The van der Waals surface area contributed by atoms with Gasteiger partial charge in [0.25, 0.3) is 0 Å². The molecule has 0 amide bonds. The maximum absolute atomic E-state index is 5.60. The van der Waals surface area contributed by atoms with Crippen LogP contribution in [0.4, 0.5) is 0 Å². The smallest absolute Gasteiger partial charge is 0.0112 e. The van der Waals surface area contributed by atoms with Crippen LogP contribution in [0, 0.1) is 5.41 Å². The fourth-order valence-electron chi connectivity index (χ4n) is 3.86. The van der Waals surface area contributed by atoms with Crippen molar-refractivity contribution in [3.8, 4) is 0 Å². The highest BCUT2D eigenvalue weighted by Crippen LogP contribution is 2.43. The van der Waals surface area contributed by atoms with E-state index < -0.39 is 0 Å². The van der Waals surface area contributed by atoms with E-state index in [1.807, 2.05) is 0 Å². The van der Waals surface area contributed by atoms with Gasteiger partial charge < -0.3 is 5.73 Å². The Morgan fingerprint density at radius 3 is 2.65 bits per heavy atom. The predicted molar refractivity (Wildman–Crippen MR) is 102 cm³/mol. The summed E-state index contributed by atoms with van der Waals surface area (Å²) in [5.41, 5.74) is 13.4. The molecule has 23 heavy (non-hydrogen) atoms. The molecule has 2 aliphatic rings. The summed E-state index contributed by atoms with van der Waals surface area (Å²) in [5.74, 6) is 0. The molecule has 0 heterocycles. The highest BCUT2D eigenvalue weighted by molar-refractivity contribution is 5.42. The van der Waals surface area contributed by atoms with Crippen LogP contribution in [0.5, 0.6) is 0 Å². The van der Waals surface area contributed by atoms with Crippen molar-refractivity contribution in [3.05, 3.63) is 58.2 Å². The van der Waals surface area contributed by atoms with Gasteiger partial charge in [-0.25, -0.2) is 0 Å². The zero-order valence-corrected chi connectivity index (χ0v) is 15.4. The minimum Gasteiger partial charge on any atom is -0.327 e. The summed E-state index contributed by atoms with van der Waals surface area (Å²) in [4.78, 5) is 0. The normalized spacial score (nSPS) is 29.7. The number of hydrogen-bond donors (Lipinski definition) is 1. The van der Waals surface area contributed by atoms with Crippen LogP contribution in [0.25, 0.3) is 0 Å². The molecule has 0 saturated carbocycles. The fraction of sp³-hybridized carbons (Fsp3) is 0.545. The first kappa shape index (κ1) is 18.0. The van der Waals surface area contributed by atoms with Crippen LogP contribution < -0.4 is 5.73 Å². The first-order valence-corrected chi connectivity index (χ1v) is 9.15. The zero-order valence-electron chi connectivity index (χ0n) is 15.4. The molecule has 0 aromatic heterocycles. The molecule has 0 saturated heterocycles. The number of nitrogens with two attached hydrogens (primary N) is 1. The molecule has 1 heteroatoms. The third-order valence-electron chi connectivity index (χ3n) is 5.74. The predicted octanol–water partition coefficient (Wildman–Crippen LogP) is 6.01. The van der Waals surface area contributed by atoms with Gasteiger partial charge in [0, 0.05) is 6.54 Å². The molecule has 0 fully saturated rings. The highest BCUT2D eigenvalue weighted by atomic mass is 14.5. The van der Waals surface area contributed by atoms with Gasteiger partial charge in [0.1, 0.15) is 0 Å². The molecule has 1 atom stereocenters. The molecule has 1 nitrogen and oxygen atoms in total. The zero-order chi connectivity index (χ0) is 16.9. The van der Waals surface area contributed by atoms with Crippen molar-refractivity contribution in [3.63, 3.8) is 0 Å². The topological polar surface area (TPSA) is 26.0 Å². The number of rotatable bonds is 4. The lowest BCUT2D eigenvalue weighted by atomic mass is 9.69. The van der Waals surface area contributed by atoms with Gasteiger partial charge in [-0.3, -0.25) is 0 Å². The van der Waals surface area contributed by atoms with E-state index in [9.17, 15) is 0 Å². The standard InChI is InChI=1S/C22H33N/c1-5-22(4)15-6-7-18(3)21(22)13-8-17(2)20-11-9-19(10-12-20)14-16-23/h8-9,11,13-14H,5-7,10,12,15-16,23H2,1-4H3/b13-8+,19-14-,20-17-. The summed E-state index contributed by atoms with van der Waals surface area (Å²) < 4.78 is 0. The average Bonchev–Trinajstić information content (AvgIpc) is 2.55. The van der Waals surface area contributed by atoms with Gasteiger partial charge in [0.05, 0.1) is 0 Å². The second kappa shape index (κ2) is 7.97. The fourth-order valence-corrected chi connectivity index (χ4v) is 3.86.